The molecule has 6 nitrogen and oxygen atoms in total. The topological polar surface area (TPSA) is 61.2 Å². The van der Waals surface area contributed by atoms with Crippen LogP contribution in [0.1, 0.15) is 28.8 Å². The van der Waals surface area contributed by atoms with Crippen LogP contribution in [0.5, 0.6) is 11.5 Å². The van der Waals surface area contributed by atoms with E-state index < -0.39 is 0 Å². The molecule has 0 radical (unpaired) electrons. The molecule has 2 aliphatic rings. The molecule has 1 aromatic heterocycles. The first kappa shape index (κ1) is 19.9. The van der Waals surface area contributed by atoms with Crippen LogP contribution in [-0.4, -0.2) is 28.1 Å². The van der Waals surface area contributed by atoms with Gasteiger partial charge in [0, 0.05) is 11.1 Å². The van der Waals surface area contributed by atoms with Crippen LogP contribution < -0.4 is 14.8 Å². The highest BCUT2D eigenvalue weighted by molar-refractivity contribution is 7.98. The zero-order valence-electron chi connectivity index (χ0n) is 18.2. The minimum absolute atomic E-state index is 0.186. The van der Waals surface area contributed by atoms with E-state index in [1.807, 2.05) is 59.5 Å². The third kappa shape index (κ3) is 3.27. The molecule has 0 aliphatic carbocycles. The van der Waals surface area contributed by atoms with Gasteiger partial charge in [0.25, 0.3) is 0 Å². The van der Waals surface area contributed by atoms with Crippen molar-refractivity contribution in [2.24, 2.45) is 0 Å². The Morgan fingerprint density at radius 2 is 1.70 bits per heavy atom. The van der Waals surface area contributed by atoms with E-state index in [4.69, 9.17) is 19.6 Å². The number of para-hydroxylation sites is 1. The zero-order valence-corrected chi connectivity index (χ0v) is 19.0. The molecule has 2 aliphatic heterocycles. The molecule has 0 bridgehead atoms. The molecule has 4 aromatic rings. The van der Waals surface area contributed by atoms with Crippen LogP contribution in [0, 0.1) is 0 Å². The van der Waals surface area contributed by atoms with Crippen LogP contribution in [0.3, 0.4) is 0 Å². The van der Waals surface area contributed by atoms with Crippen molar-refractivity contribution in [3.05, 3.63) is 101 Å². The van der Waals surface area contributed by atoms with Gasteiger partial charge in [-0.05, 0) is 41.6 Å². The van der Waals surface area contributed by atoms with Crippen LogP contribution in [0.25, 0.3) is 5.70 Å². The Morgan fingerprint density at radius 3 is 2.45 bits per heavy atom. The zero-order chi connectivity index (χ0) is 22.4. The lowest BCUT2D eigenvalue weighted by atomic mass is 9.84. The molecule has 33 heavy (non-hydrogen) atoms. The van der Waals surface area contributed by atoms with Crippen LogP contribution in [0.4, 0.5) is 5.95 Å². The summed E-state index contributed by atoms with van der Waals surface area (Å²) in [6.07, 6.45) is 1.72. The monoisotopic (exact) mass is 454 g/mol. The maximum atomic E-state index is 6.64. The van der Waals surface area contributed by atoms with Gasteiger partial charge in [-0.2, -0.15) is 4.98 Å². The molecule has 0 fully saturated rings. The third-order valence-corrected chi connectivity index (χ3v) is 6.61. The number of hydrogen-bond acceptors (Lipinski definition) is 6. The standard InChI is InChI=1S/C26H22N4O2S/c1-31-18-14-12-16(13-15-18)23-21-22(27-25-28-26(33-2)29-30(23)25)19-10-6-7-11-20(19)32-24(21)17-8-4-3-5-9-17/h3-15,23-24H,1-2H3,(H,27,28,29)/t23-,24-/m1/s1. The Kier molecular flexibility index (Phi) is 4.84. The molecule has 6 rings (SSSR count). The van der Waals surface area contributed by atoms with Crippen molar-refractivity contribution in [2.75, 3.05) is 18.7 Å². The number of nitrogens with one attached hydrogen (secondary N) is 1. The summed E-state index contributed by atoms with van der Waals surface area (Å²) in [7, 11) is 1.68. The Hall–Kier alpha value is -3.71. The van der Waals surface area contributed by atoms with Gasteiger partial charge >= 0.3 is 0 Å². The number of fused-ring (bicyclic) bond motifs is 3. The second-order valence-electron chi connectivity index (χ2n) is 7.90. The summed E-state index contributed by atoms with van der Waals surface area (Å²) in [5.41, 5.74) is 5.34. The summed E-state index contributed by atoms with van der Waals surface area (Å²) in [5, 5.41) is 9.14. The van der Waals surface area contributed by atoms with Gasteiger partial charge in [-0.3, -0.25) is 0 Å². The van der Waals surface area contributed by atoms with Crippen molar-refractivity contribution >= 4 is 23.4 Å². The van der Waals surface area contributed by atoms with Crippen LogP contribution in [-0.2, 0) is 0 Å². The minimum Gasteiger partial charge on any atom is -0.497 e. The second kappa shape index (κ2) is 8.01. The number of rotatable bonds is 4. The summed E-state index contributed by atoms with van der Waals surface area (Å²) < 4.78 is 14.0. The van der Waals surface area contributed by atoms with Crippen molar-refractivity contribution in [2.45, 2.75) is 17.3 Å². The van der Waals surface area contributed by atoms with E-state index in [-0.39, 0.29) is 12.1 Å². The SMILES string of the molecule is COc1ccc([C@@H]2C3=C(Nc4nc(SC)nn42)c2ccccc2O[C@@H]3c2ccccc2)cc1. The summed E-state index contributed by atoms with van der Waals surface area (Å²) in [4.78, 5) is 4.74. The average molecular weight is 455 g/mol. The molecule has 0 saturated heterocycles. The Labute approximate surface area is 196 Å². The van der Waals surface area contributed by atoms with Crippen molar-refractivity contribution in [1.82, 2.24) is 14.8 Å². The van der Waals surface area contributed by atoms with E-state index in [9.17, 15) is 0 Å². The Balaban J connectivity index is 1.62. The first-order valence-corrected chi connectivity index (χ1v) is 12.0. The van der Waals surface area contributed by atoms with Gasteiger partial charge in [0.1, 0.15) is 23.6 Å². The molecular formula is C26H22N4O2S. The molecule has 0 spiro atoms. The smallest absolute Gasteiger partial charge is 0.227 e. The first-order chi connectivity index (χ1) is 16.3. The quantitative estimate of drug-likeness (QED) is 0.407. The summed E-state index contributed by atoms with van der Waals surface area (Å²) in [6.45, 7) is 0. The molecule has 7 heteroatoms. The molecule has 0 amide bonds. The number of ether oxygens (including phenoxy) is 2. The van der Waals surface area contributed by atoms with Crippen LogP contribution in [0.15, 0.2) is 89.6 Å². The van der Waals surface area contributed by atoms with E-state index in [0.29, 0.717) is 0 Å². The van der Waals surface area contributed by atoms with Gasteiger partial charge in [-0.15, -0.1) is 5.10 Å². The highest BCUT2D eigenvalue weighted by Gasteiger charge is 2.41. The normalized spacial score (nSPS) is 18.5. The Morgan fingerprint density at radius 1 is 0.939 bits per heavy atom. The predicted octanol–water partition coefficient (Wildman–Crippen LogP) is 5.57. The van der Waals surface area contributed by atoms with Gasteiger partial charge in [-0.25, -0.2) is 4.68 Å². The lowest BCUT2D eigenvalue weighted by Crippen LogP contribution is -2.32. The molecule has 2 atom stereocenters. The highest BCUT2D eigenvalue weighted by atomic mass is 32.2. The van der Waals surface area contributed by atoms with Gasteiger partial charge in [0.2, 0.25) is 11.1 Å². The molecule has 1 N–H and O–H groups in total. The largest absolute Gasteiger partial charge is 0.497 e. The number of thioether (sulfide) groups is 1. The number of aromatic nitrogens is 3. The van der Waals surface area contributed by atoms with Crippen molar-refractivity contribution in [3.63, 3.8) is 0 Å². The second-order valence-corrected chi connectivity index (χ2v) is 8.68. The van der Waals surface area contributed by atoms with E-state index in [0.717, 1.165) is 50.6 Å². The maximum Gasteiger partial charge on any atom is 0.227 e. The van der Waals surface area contributed by atoms with Gasteiger partial charge < -0.3 is 14.8 Å². The molecular weight excluding hydrogens is 432 g/mol. The summed E-state index contributed by atoms with van der Waals surface area (Å²) in [6, 6.07) is 26.4. The number of benzene rings is 3. The van der Waals surface area contributed by atoms with Crippen molar-refractivity contribution < 1.29 is 9.47 Å². The van der Waals surface area contributed by atoms with Crippen molar-refractivity contribution in [3.8, 4) is 11.5 Å². The highest BCUT2D eigenvalue weighted by Crippen LogP contribution is 2.50. The van der Waals surface area contributed by atoms with Crippen LogP contribution >= 0.6 is 11.8 Å². The van der Waals surface area contributed by atoms with Crippen molar-refractivity contribution in [1.29, 1.82) is 0 Å². The minimum atomic E-state index is -0.272. The fourth-order valence-electron chi connectivity index (χ4n) is 4.55. The molecule has 0 unspecified atom stereocenters. The molecule has 3 heterocycles. The van der Waals surface area contributed by atoms with E-state index >= 15 is 0 Å². The maximum absolute atomic E-state index is 6.64. The molecule has 0 saturated carbocycles. The number of methoxy groups -OCH3 is 1. The van der Waals surface area contributed by atoms with E-state index in [2.05, 4.69) is 35.6 Å². The van der Waals surface area contributed by atoms with Gasteiger partial charge in [-0.1, -0.05) is 66.4 Å². The summed E-state index contributed by atoms with van der Waals surface area (Å²) in [5.74, 6) is 2.39. The lowest BCUT2D eigenvalue weighted by molar-refractivity contribution is 0.223. The molecule has 3 aromatic carbocycles. The van der Waals surface area contributed by atoms with E-state index in [1.165, 1.54) is 11.8 Å². The summed E-state index contributed by atoms with van der Waals surface area (Å²) >= 11 is 1.53. The number of anilines is 1. The first-order valence-electron chi connectivity index (χ1n) is 10.7. The fourth-order valence-corrected chi connectivity index (χ4v) is 4.90. The van der Waals surface area contributed by atoms with Gasteiger partial charge in [0.15, 0.2) is 0 Å². The lowest BCUT2D eigenvalue weighted by Gasteiger charge is -2.38. The fraction of sp³-hybridized carbons (Fsp3) is 0.154. The number of hydrogen-bond donors (Lipinski definition) is 1. The van der Waals surface area contributed by atoms with Gasteiger partial charge in [0.05, 0.1) is 12.8 Å². The third-order valence-electron chi connectivity index (χ3n) is 6.08. The predicted molar refractivity (Wildman–Crippen MR) is 130 cm³/mol. The van der Waals surface area contributed by atoms with E-state index in [1.54, 1.807) is 7.11 Å². The number of nitrogens with zero attached hydrogens (tertiary/aromatic N) is 3. The van der Waals surface area contributed by atoms with Crippen LogP contribution in [0.2, 0.25) is 0 Å². The Bertz CT molecular complexity index is 1350. The average Bonchev–Trinajstić information content (AvgIpc) is 3.30. The molecule has 164 valence electrons.